The number of carbonyl (C=O) groups is 1. The molecule has 3 N–H and O–H groups in total. The van der Waals surface area contributed by atoms with E-state index >= 15 is 0 Å². The molecule has 1 atom stereocenters. The maximum absolute atomic E-state index is 11.4. The third kappa shape index (κ3) is 4.75. The van der Waals surface area contributed by atoms with Gasteiger partial charge in [0.2, 0.25) is 5.91 Å². The highest BCUT2D eigenvalue weighted by molar-refractivity contribution is 5.85. The summed E-state index contributed by atoms with van der Waals surface area (Å²) in [7, 11) is 0. The van der Waals surface area contributed by atoms with Gasteiger partial charge in [0.1, 0.15) is 0 Å². The Balaban J connectivity index is 0.00000256. The molecule has 17 heavy (non-hydrogen) atoms. The van der Waals surface area contributed by atoms with Gasteiger partial charge in [-0.25, -0.2) is 0 Å². The molecule has 0 heterocycles. The lowest BCUT2D eigenvalue weighted by molar-refractivity contribution is -0.121. The molecule has 3 nitrogen and oxygen atoms in total. The summed E-state index contributed by atoms with van der Waals surface area (Å²) in [4.78, 5) is 11.4. The van der Waals surface area contributed by atoms with E-state index in [2.05, 4.69) is 26.1 Å². The van der Waals surface area contributed by atoms with Crippen molar-refractivity contribution in [3.63, 3.8) is 0 Å². The van der Waals surface area contributed by atoms with Gasteiger partial charge in [-0.3, -0.25) is 4.79 Å². The van der Waals surface area contributed by atoms with E-state index in [0.29, 0.717) is 0 Å². The van der Waals surface area contributed by atoms with Crippen LogP contribution in [0.5, 0.6) is 0 Å². The van der Waals surface area contributed by atoms with Crippen molar-refractivity contribution in [3.05, 3.63) is 35.9 Å². The van der Waals surface area contributed by atoms with Gasteiger partial charge in [0.25, 0.3) is 0 Å². The molecule has 0 saturated heterocycles. The molecular formula is C13H21ClN2O. The molecule has 4 heteroatoms. The van der Waals surface area contributed by atoms with Crippen molar-refractivity contribution in [2.24, 2.45) is 11.1 Å². The molecule has 0 radical (unpaired) electrons. The van der Waals surface area contributed by atoms with Gasteiger partial charge in [-0.15, -0.1) is 12.4 Å². The standard InChI is InChI=1S/C13H20N2O.ClH/c1-13(2,3)12(15-11(16)9-14)10-7-5-4-6-8-10;/h4-8,12H,9,14H2,1-3H3,(H,15,16);1H. The second-order valence-electron chi connectivity index (χ2n) is 4.98. The third-order valence-corrected chi connectivity index (χ3v) is 2.49. The zero-order chi connectivity index (χ0) is 12.2. The van der Waals surface area contributed by atoms with Crippen LogP contribution in [0.2, 0.25) is 0 Å². The molecule has 0 bridgehead atoms. The number of amides is 1. The first-order valence-electron chi connectivity index (χ1n) is 5.49. The van der Waals surface area contributed by atoms with E-state index < -0.39 is 0 Å². The SMILES string of the molecule is CC(C)(C)C(NC(=O)CN)c1ccccc1.Cl. The van der Waals surface area contributed by atoms with E-state index in [9.17, 15) is 4.79 Å². The Labute approximate surface area is 109 Å². The van der Waals surface area contributed by atoms with E-state index in [1.165, 1.54) is 0 Å². The first-order valence-corrected chi connectivity index (χ1v) is 5.49. The van der Waals surface area contributed by atoms with Crippen molar-refractivity contribution < 1.29 is 4.79 Å². The molecule has 1 aromatic carbocycles. The van der Waals surface area contributed by atoms with E-state index in [-0.39, 0.29) is 36.3 Å². The lowest BCUT2D eigenvalue weighted by atomic mass is 9.82. The Morgan fingerprint density at radius 3 is 2.24 bits per heavy atom. The molecule has 1 unspecified atom stereocenters. The molecular weight excluding hydrogens is 236 g/mol. The van der Waals surface area contributed by atoms with E-state index in [4.69, 9.17) is 5.73 Å². The molecule has 0 spiro atoms. The zero-order valence-electron chi connectivity index (χ0n) is 10.6. The summed E-state index contributed by atoms with van der Waals surface area (Å²) >= 11 is 0. The Bertz CT molecular complexity index is 346. The predicted molar refractivity (Wildman–Crippen MR) is 73.1 cm³/mol. The van der Waals surface area contributed by atoms with E-state index in [1.54, 1.807) is 0 Å². The average molecular weight is 257 g/mol. The van der Waals surface area contributed by atoms with Gasteiger partial charge in [-0.2, -0.15) is 0 Å². The fourth-order valence-electron chi connectivity index (χ4n) is 1.67. The number of nitrogens with one attached hydrogen (secondary N) is 1. The van der Waals surface area contributed by atoms with Crippen LogP contribution in [-0.2, 0) is 4.79 Å². The monoisotopic (exact) mass is 256 g/mol. The number of rotatable bonds is 3. The molecule has 0 saturated carbocycles. The van der Waals surface area contributed by atoms with E-state index in [0.717, 1.165) is 5.56 Å². The second-order valence-corrected chi connectivity index (χ2v) is 4.98. The highest BCUT2D eigenvalue weighted by Crippen LogP contribution is 2.32. The van der Waals surface area contributed by atoms with Crippen LogP contribution in [0.3, 0.4) is 0 Å². The summed E-state index contributed by atoms with van der Waals surface area (Å²) in [5.41, 5.74) is 6.40. The second kappa shape index (κ2) is 6.62. The summed E-state index contributed by atoms with van der Waals surface area (Å²) in [6.45, 7) is 6.32. The quantitative estimate of drug-likeness (QED) is 0.872. The smallest absolute Gasteiger partial charge is 0.234 e. The summed E-state index contributed by atoms with van der Waals surface area (Å²) in [6, 6.07) is 9.95. The number of hydrogen-bond donors (Lipinski definition) is 2. The largest absolute Gasteiger partial charge is 0.348 e. The minimum Gasteiger partial charge on any atom is -0.348 e. The lowest BCUT2D eigenvalue weighted by Crippen LogP contribution is -2.39. The summed E-state index contributed by atoms with van der Waals surface area (Å²) in [6.07, 6.45) is 0. The molecule has 0 aliphatic heterocycles. The molecule has 1 aromatic rings. The Morgan fingerprint density at radius 2 is 1.82 bits per heavy atom. The number of carbonyl (C=O) groups excluding carboxylic acids is 1. The fraction of sp³-hybridized carbons (Fsp3) is 0.462. The van der Waals surface area contributed by atoms with Crippen LogP contribution in [0.25, 0.3) is 0 Å². The van der Waals surface area contributed by atoms with Crippen LogP contribution in [0.4, 0.5) is 0 Å². The first-order chi connectivity index (χ1) is 7.45. The molecule has 96 valence electrons. The number of halogens is 1. The van der Waals surface area contributed by atoms with Crippen LogP contribution in [0.15, 0.2) is 30.3 Å². The van der Waals surface area contributed by atoms with Gasteiger partial charge in [-0.1, -0.05) is 51.1 Å². The molecule has 0 aromatic heterocycles. The number of nitrogens with two attached hydrogens (primary N) is 1. The normalized spacial score (nSPS) is 12.5. The maximum atomic E-state index is 11.4. The van der Waals surface area contributed by atoms with Crippen LogP contribution < -0.4 is 11.1 Å². The van der Waals surface area contributed by atoms with Crippen LogP contribution in [-0.4, -0.2) is 12.5 Å². The summed E-state index contributed by atoms with van der Waals surface area (Å²) in [5, 5.41) is 2.96. The first kappa shape index (κ1) is 15.9. The van der Waals surface area contributed by atoms with Crippen LogP contribution >= 0.6 is 12.4 Å². The van der Waals surface area contributed by atoms with E-state index in [1.807, 2.05) is 30.3 Å². The lowest BCUT2D eigenvalue weighted by Gasteiger charge is -2.31. The molecule has 0 aliphatic rings. The van der Waals surface area contributed by atoms with Crippen molar-refractivity contribution >= 4 is 18.3 Å². The highest BCUT2D eigenvalue weighted by Gasteiger charge is 2.27. The van der Waals surface area contributed by atoms with Crippen molar-refractivity contribution in [2.75, 3.05) is 6.54 Å². The average Bonchev–Trinajstić information content (AvgIpc) is 2.25. The van der Waals surface area contributed by atoms with Crippen molar-refractivity contribution in [1.82, 2.24) is 5.32 Å². The van der Waals surface area contributed by atoms with Gasteiger partial charge in [0, 0.05) is 0 Å². The predicted octanol–water partition coefficient (Wildman–Crippen LogP) is 2.27. The van der Waals surface area contributed by atoms with Gasteiger partial charge in [-0.05, 0) is 11.0 Å². The van der Waals surface area contributed by atoms with Crippen molar-refractivity contribution in [1.29, 1.82) is 0 Å². The van der Waals surface area contributed by atoms with Crippen molar-refractivity contribution in [3.8, 4) is 0 Å². The van der Waals surface area contributed by atoms with Crippen molar-refractivity contribution in [2.45, 2.75) is 26.8 Å². The highest BCUT2D eigenvalue weighted by atomic mass is 35.5. The van der Waals surface area contributed by atoms with Gasteiger partial charge in [0.05, 0.1) is 12.6 Å². The molecule has 1 amide bonds. The topological polar surface area (TPSA) is 55.1 Å². The van der Waals surface area contributed by atoms with Gasteiger partial charge >= 0.3 is 0 Å². The zero-order valence-corrected chi connectivity index (χ0v) is 11.4. The third-order valence-electron chi connectivity index (χ3n) is 2.49. The summed E-state index contributed by atoms with van der Waals surface area (Å²) in [5.74, 6) is -0.122. The fourth-order valence-corrected chi connectivity index (χ4v) is 1.67. The Kier molecular flexibility index (Phi) is 6.21. The summed E-state index contributed by atoms with van der Waals surface area (Å²) < 4.78 is 0. The maximum Gasteiger partial charge on any atom is 0.234 e. The molecule has 1 rings (SSSR count). The minimum absolute atomic E-state index is 0. The van der Waals surface area contributed by atoms with Gasteiger partial charge in [0.15, 0.2) is 0 Å². The van der Waals surface area contributed by atoms with Gasteiger partial charge < -0.3 is 11.1 Å². The number of hydrogen-bond acceptors (Lipinski definition) is 2. The Hall–Kier alpha value is -1.06. The number of benzene rings is 1. The van der Waals surface area contributed by atoms with Crippen LogP contribution in [0, 0.1) is 5.41 Å². The minimum atomic E-state index is -0.122. The molecule has 0 aliphatic carbocycles. The molecule has 0 fully saturated rings. The Morgan fingerprint density at radius 1 is 1.29 bits per heavy atom. The van der Waals surface area contributed by atoms with Crippen LogP contribution in [0.1, 0.15) is 32.4 Å².